The van der Waals surface area contributed by atoms with Crippen LogP contribution in [0, 0.1) is 5.41 Å². The van der Waals surface area contributed by atoms with E-state index in [1.807, 2.05) is 17.2 Å². The highest BCUT2D eigenvalue weighted by Gasteiger charge is 2.38. The Kier molecular flexibility index (Phi) is 4.93. The van der Waals surface area contributed by atoms with Gasteiger partial charge >= 0.3 is 0 Å². The van der Waals surface area contributed by atoms with Gasteiger partial charge in [-0.1, -0.05) is 23.2 Å². The summed E-state index contributed by atoms with van der Waals surface area (Å²) in [6.45, 7) is 3.82. The first-order valence-electron chi connectivity index (χ1n) is 7.58. The van der Waals surface area contributed by atoms with E-state index in [-0.39, 0.29) is 5.91 Å². The smallest absolute Gasteiger partial charge is 0.255 e. The molecule has 0 saturated carbocycles. The van der Waals surface area contributed by atoms with Crippen LogP contribution in [0.1, 0.15) is 29.6 Å². The van der Waals surface area contributed by atoms with Crippen molar-refractivity contribution in [1.82, 2.24) is 10.2 Å². The fourth-order valence-corrected chi connectivity index (χ4v) is 4.61. The van der Waals surface area contributed by atoms with Crippen molar-refractivity contribution in [3.63, 3.8) is 0 Å². The van der Waals surface area contributed by atoms with E-state index < -0.39 is 0 Å². The number of thioether (sulfide) groups is 1. The van der Waals surface area contributed by atoms with Gasteiger partial charge in [-0.25, -0.2) is 0 Å². The van der Waals surface area contributed by atoms with Crippen molar-refractivity contribution in [3.05, 3.63) is 27.7 Å². The molecule has 2 heterocycles. The minimum absolute atomic E-state index is 0.0257. The number of carbonyl (C=O) groups excluding carboxylic acids is 1. The number of nitrogens with one attached hydrogen (secondary N) is 1. The highest BCUT2D eigenvalue weighted by Crippen LogP contribution is 2.38. The first-order valence-corrected chi connectivity index (χ1v) is 9.56. The predicted molar refractivity (Wildman–Crippen MR) is 93.3 cm³/mol. The van der Waals surface area contributed by atoms with E-state index >= 15 is 0 Å². The minimum atomic E-state index is 0.0257. The average Bonchev–Trinajstić information content (AvgIpc) is 2.96. The number of halogens is 2. The topological polar surface area (TPSA) is 32.3 Å². The van der Waals surface area contributed by atoms with E-state index in [4.69, 9.17) is 23.2 Å². The molecule has 22 heavy (non-hydrogen) atoms. The van der Waals surface area contributed by atoms with Crippen molar-refractivity contribution in [2.75, 3.05) is 32.4 Å². The largest absolute Gasteiger partial charge is 0.339 e. The molecule has 2 aliphatic rings. The fourth-order valence-electron chi connectivity index (χ4n) is 3.43. The Labute approximate surface area is 145 Å². The first-order chi connectivity index (χ1) is 10.5. The number of hydrogen-bond acceptors (Lipinski definition) is 3. The zero-order valence-electron chi connectivity index (χ0n) is 12.6. The van der Waals surface area contributed by atoms with Crippen LogP contribution in [0.15, 0.2) is 17.0 Å². The Morgan fingerprint density at radius 1 is 1.23 bits per heavy atom. The second-order valence-electron chi connectivity index (χ2n) is 6.19. The van der Waals surface area contributed by atoms with Gasteiger partial charge in [-0.15, -0.1) is 11.8 Å². The molecule has 120 valence electrons. The van der Waals surface area contributed by atoms with Gasteiger partial charge in [-0.3, -0.25) is 4.79 Å². The Hall–Kier alpha value is -0.420. The number of benzene rings is 1. The maximum Gasteiger partial charge on any atom is 0.255 e. The molecule has 1 aromatic carbocycles. The number of piperidine rings is 1. The molecule has 0 bridgehead atoms. The molecule has 1 aromatic rings. The molecule has 3 rings (SSSR count). The third-order valence-corrected chi connectivity index (χ3v) is 6.43. The number of carbonyl (C=O) groups is 1. The quantitative estimate of drug-likeness (QED) is 0.812. The van der Waals surface area contributed by atoms with E-state index in [0.717, 1.165) is 43.9 Å². The minimum Gasteiger partial charge on any atom is -0.339 e. The summed E-state index contributed by atoms with van der Waals surface area (Å²) in [6.07, 6.45) is 5.33. The van der Waals surface area contributed by atoms with E-state index in [0.29, 0.717) is 21.0 Å². The van der Waals surface area contributed by atoms with E-state index in [2.05, 4.69) is 5.32 Å². The molecule has 0 radical (unpaired) electrons. The Morgan fingerprint density at radius 3 is 2.55 bits per heavy atom. The summed E-state index contributed by atoms with van der Waals surface area (Å²) in [6, 6.07) is 3.49. The van der Waals surface area contributed by atoms with Crippen LogP contribution in [0.25, 0.3) is 0 Å². The third kappa shape index (κ3) is 3.12. The Morgan fingerprint density at radius 2 is 1.95 bits per heavy atom. The molecule has 6 heteroatoms. The fraction of sp³-hybridized carbons (Fsp3) is 0.562. The molecule has 2 fully saturated rings. The molecule has 2 saturated heterocycles. The molecule has 0 atom stereocenters. The SMILES string of the molecule is CSc1cc(C(=O)N2CCC3(CCNC3)CC2)c(Cl)cc1Cl. The van der Waals surface area contributed by atoms with Crippen LogP contribution < -0.4 is 5.32 Å². The summed E-state index contributed by atoms with van der Waals surface area (Å²) in [5.41, 5.74) is 0.973. The van der Waals surface area contributed by atoms with E-state index in [1.165, 1.54) is 18.2 Å². The van der Waals surface area contributed by atoms with Gasteiger partial charge in [0.1, 0.15) is 0 Å². The van der Waals surface area contributed by atoms with Crippen molar-refractivity contribution < 1.29 is 4.79 Å². The lowest BCUT2D eigenvalue weighted by Crippen LogP contribution is -2.44. The molecule has 2 aliphatic heterocycles. The van der Waals surface area contributed by atoms with Gasteiger partial charge in [-0.05, 0) is 49.6 Å². The molecular weight excluding hydrogens is 339 g/mol. The molecule has 0 aliphatic carbocycles. The Balaban J connectivity index is 1.75. The predicted octanol–water partition coefficient (Wildman–Crippen LogP) is 3.93. The van der Waals surface area contributed by atoms with Crippen LogP contribution in [0.3, 0.4) is 0 Å². The van der Waals surface area contributed by atoms with Crippen LogP contribution in [0.5, 0.6) is 0 Å². The maximum absolute atomic E-state index is 12.8. The van der Waals surface area contributed by atoms with Crippen LogP contribution in [0.4, 0.5) is 0 Å². The number of hydrogen-bond donors (Lipinski definition) is 1. The molecule has 0 aromatic heterocycles. The molecular formula is C16H20Cl2N2OS. The van der Waals surface area contributed by atoms with Crippen molar-refractivity contribution >= 4 is 40.9 Å². The highest BCUT2D eigenvalue weighted by atomic mass is 35.5. The van der Waals surface area contributed by atoms with E-state index in [1.54, 1.807) is 6.07 Å². The number of nitrogens with zero attached hydrogens (tertiary/aromatic N) is 1. The monoisotopic (exact) mass is 358 g/mol. The zero-order valence-corrected chi connectivity index (χ0v) is 15.0. The van der Waals surface area contributed by atoms with Crippen molar-refractivity contribution in [1.29, 1.82) is 0 Å². The van der Waals surface area contributed by atoms with Gasteiger partial charge in [0.05, 0.1) is 15.6 Å². The third-order valence-electron chi connectivity index (χ3n) is 4.92. The van der Waals surface area contributed by atoms with Crippen molar-refractivity contribution in [2.45, 2.75) is 24.2 Å². The van der Waals surface area contributed by atoms with Crippen LogP contribution >= 0.6 is 35.0 Å². The summed E-state index contributed by atoms with van der Waals surface area (Å²) in [5.74, 6) is 0.0257. The van der Waals surface area contributed by atoms with Crippen molar-refractivity contribution in [3.8, 4) is 0 Å². The second-order valence-corrected chi connectivity index (χ2v) is 7.85. The molecule has 1 amide bonds. The van der Waals surface area contributed by atoms with Gasteiger partial charge in [-0.2, -0.15) is 0 Å². The van der Waals surface area contributed by atoms with Gasteiger partial charge in [0.25, 0.3) is 5.91 Å². The molecule has 1 spiro atoms. The van der Waals surface area contributed by atoms with Crippen LogP contribution in [-0.2, 0) is 0 Å². The number of rotatable bonds is 2. The lowest BCUT2D eigenvalue weighted by Gasteiger charge is -2.39. The molecule has 0 unspecified atom stereocenters. The summed E-state index contributed by atoms with van der Waals surface area (Å²) in [7, 11) is 0. The lowest BCUT2D eigenvalue weighted by molar-refractivity contribution is 0.0607. The summed E-state index contributed by atoms with van der Waals surface area (Å²) < 4.78 is 0. The van der Waals surface area contributed by atoms with Crippen LogP contribution in [-0.4, -0.2) is 43.2 Å². The second kappa shape index (κ2) is 6.60. The van der Waals surface area contributed by atoms with Gasteiger partial charge in [0.15, 0.2) is 0 Å². The summed E-state index contributed by atoms with van der Waals surface area (Å²) in [5, 5.41) is 4.49. The Bertz CT molecular complexity index is 578. The van der Waals surface area contributed by atoms with Gasteiger partial charge in [0, 0.05) is 24.5 Å². The summed E-state index contributed by atoms with van der Waals surface area (Å²) >= 11 is 13.9. The number of amides is 1. The standard InChI is InChI=1S/C16H20Cl2N2OS/c1-22-14-8-11(12(17)9-13(14)18)15(21)20-6-3-16(4-7-20)2-5-19-10-16/h8-9,19H,2-7,10H2,1H3. The number of likely N-dealkylation sites (tertiary alicyclic amines) is 1. The highest BCUT2D eigenvalue weighted by molar-refractivity contribution is 7.98. The first kappa shape index (κ1) is 16.4. The zero-order chi connectivity index (χ0) is 15.7. The van der Waals surface area contributed by atoms with Gasteiger partial charge in [0.2, 0.25) is 0 Å². The van der Waals surface area contributed by atoms with E-state index in [9.17, 15) is 4.79 Å². The normalized spacial score (nSPS) is 20.6. The maximum atomic E-state index is 12.8. The average molecular weight is 359 g/mol. The van der Waals surface area contributed by atoms with Gasteiger partial charge < -0.3 is 10.2 Å². The lowest BCUT2D eigenvalue weighted by atomic mass is 9.78. The molecule has 1 N–H and O–H groups in total. The summed E-state index contributed by atoms with van der Waals surface area (Å²) in [4.78, 5) is 15.6. The molecule has 3 nitrogen and oxygen atoms in total. The van der Waals surface area contributed by atoms with Crippen molar-refractivity contribution in [2.24, 2.45) is 5.41 Å². The van der Waals surface area contributed by atoms with Crippen LogP contribution in [0.2, 0.25) is 10.0 Å².